The highest BCUT2D eigenvalue weighted by Crippen LogP contribution is 2.23. The lowest BCUT2D eigenvalue weighted by Gasteiger charge is -1.98. The number of hydrogen-bond acceptors (Lipinski definition) is 5. The molecule has 2 heterocycles. The average molecular weight is 290 g/mol. The van der Waals surface area contributed by atoms with Gasteiger partial charge in [-0.15, -0.1) is 11.3 Å². The molecule has 0 spiro atoms. The summed E-state index contributed by atoms with van der Waals surface area (Å²) in [5, 5.41) is 15.2. The predicted octanol–water partition coefficient (Wildman–Crippen LogP) is 2.26. The van der Waals surface area contributed by atoms with Crippen LogP contribution in [0.5, 0.6) is 0 Å². The Labute approximate surface area is 120 Å². The van der Waals surface area contributed by atoms with E-state index in [1.165, 1.54) is 11.3 Å². The SMILES string of the molecule is Cc1cc(C(=O)Nc2onc(C)c2C)sc1C#CCO. The lowest BCUT2D eigenvalue weighted by Crippen LogP contribution is -2.10. The Hall–Kier alpha value is -2.10. The van der Waals surface area contributed by atoms with Gasteiger partial charge < -0.3 is 9.63 Å². The Morgan fingerprint density at radius 1 is 1.50 bits per heavy atom. The number of aromatic nitrogens is 1. The van der Waals surface area contributed by atoms with E-state index in [0.29, 0.717) is 10.8 Å². The third-order valence-electron chi connectivity index (χ3n) is 2.81. The minimum absolute atomic E-state index is 0.199. The number of aliphatic hydroxyl groups is 1. The molecule has 0 saturated heterocycles. The third kappa shape index (κ3) is 2.90. The van der Waals surface area contributed by atoms with Gasteiger partial charge in [-0.25, -0.2) is 0 Å². The van der Waals surface area contributed by atoms with Gasteiger partial charge in [-0.05, 0) is 32.4 Å². The number of hydrogen-bond donors (Lipinski definition) is 2. The minimum atomic E-state index is -0.255. The number of nitrogens with one attached hydrogen (secondary N) is 1. The molecule has 20 heavy (non-hydrogen) atoms. The van der Waals surface area contributed by atoms with Crippen molar-refractivity contribution in [1.29, 1.82) is 0 Å². The van der Waals surface area contributed by atoms with Crippen molar-refractivity contribution in [1.82, 2.24) is 5.16 Å². The van der Waals surface area contributed by atoms with Gasteiger partial charge in [0, 0.05) is 5.56 Å². The summed E-state index contributed by atoms with van der Waals surface area (Å²) in [4.78, 5) is 13.4. The van der Waals surface area contributed by atoms with Gasteiger partial charge in [0.05, 0.1) is 15.4 Å². The van der Waals surface area contributed by atoms with Crippen molar-refractivity contribution in [2.75, 3.05) is 11.9 Å². The molecule has 0 aliphatic heterocycles. The molecule has 5 nitrogen and oxygen atoms in total. The van der Waals surface area contributed by atoms with E-state index >= 15 is 0 Å². The van der Waals surface area contributed by atoms with E-state index in [4.69, 9.17) is 9.63 Å². The van der Waals surface area contributed by atoms with Crippen LogP contribution in [0.3, 0.4) is 0 Å². The maximum absolute atomic E-state index is 12.1. The molecule has 0 aromatic carbocycles. The second kappa shape index (κ2) is 5.90. The van der Waals surface area contributed by atoms with E-state index in [9.17, 15) is 4.79 Å². The molecule has 2 rings (SSSR count). The summed E-state index contributed by atoms with van der Waals surface area (Å²) in [7, 11) is 0. The van der Waals surface area contributed by atoms with Crippen molar-refractivity contribution in [3.63, 3.8) is 0 Å². The molecule has 0 aliphatic rings. The Morgan fingerprint density at radius 3 is 2.85 bits per heavy atom. The lowest BCUT2D eigenvalue weighted by atomic mass is 10.2. The number of carbonyl (C=O) groups is 1. The molecule has 0 fully saturated rings. The van der Waals surface area contributed by atoms with E-state index in [1.807, 2.05) is 20.8 Å². The van der Waals surface area contributed by atoms with Crippen molar-refractivity contribution < 1.29 is 14.4 Å². The Balaban J connectivity index is 2.20. The van der Waals surface area contributed by atoms with E-state index in [1.54, 1.807) is 6.07 Å². The number of thiophene rings is 1. The number of amides is 1. The van der Waals surface area contributed by atoms with E-state index in [2.05, 4.69) is 22.3 Å². The molecule has 104 valence electrons. The molecule has 0 radical (unpaired) electrons. The van der Waals surface area contributed by atoms with Crippen molar-refractivity contribution in [2.45, 2.75) is 20.8 Å². The van der Waals surface area contributed by atoms with Crippen LogP contribution in [-0.4, -0.2) is 22.8 Å². The van der Waals surface area contributed by atoms with Gasteiger partial charge in [-0.3, -0.25) is 10.1 Å². The molecule has 2 aromatic rings. The number of anilines is 1. The largest absolute Gasteiger partial charge is 0.384 e. The maximum Gasteiger partial charge on any atom is 0.268 e. The molecule has 0 unspecified atom stereocenters. The summed E-state index contributed by atoms with van der Waals surface area (Å²) in [6.45, 7) is 5.32. The smallest absolute Gasteiger partial charge is 0.268 e. The summed E-state index contributed by atoms with van der Waals surface area (Å²) < 4.78 is 5.05. The molecule has 0 saturated carbocycles. The molecule has 0 bridgehead atoms. The first-order valence-corrected chi connectivity index (χ1v) is 6.79. The fraction of sp³-hybridized carbons (Fsp3) is 0.286. The summed E-state index contributed by atoms with van der Waals surface area (Å²) >= 11 is 1.28. The first-order chi connectivity index (χ1) is 9.52. The third-order valence-corrected chi connectivity index (χ3v) is 3.96. The number of nitrogens with zero attached hydrogens (tertiary/aromatic N) is 1. The molecule has 6 heteroatoms. The van der Waals surface area contributed by atoms with Crippen LogP contribution in [0.1, 0.15) is 31.4 Å². The van der Waals surface area contributed by atoms with Gasteiger partial charge in [-0.2, -0.15) is 0 Å². The first kappa shape index (κ1) is 14.3. The molecular weight excluding hydrogens is 276 g/mol. The van der Waals surface area contributed by atoms with E-state index in [-0.39, 0.29) is 12.5 Å². The number of aryl methyl sites for hydroxylation is 2. The monoisotopic (exact) mass is 290 g/mol. The van der Waals surface area contributed by atoms with Crippen LogP contribution in [0.15, 0.2) is 10.6 Å². The second-order valence-electron chi connectivity index (χ2n) is 4.26. The Bertz CT molecular complexity index is 704. The van der Waals surface area contributed by atoms with Gasteiger partial charge in [-0.1, -0.05) is 17.0 Å². The Morgan fingerprint density at radius 2 is 2.25 bits per heavy atom. The zero-order chi connectivity index (χ0) is 14.7. The lowest BCUT2D eigenvalue weighted by molar-refractivity contribution is 0.102. The number of carbonyl (C=O) groups excluding carboxylic acids is 1. The normalized spacial score (nSPS) is 10.0. The van der Waals surface area contributed by atoms with Crippen molar-refractivity contribution in [3.05, 3.63) is 32.6 Å². The number of aliphatic hydroxyl groups excluding tert-OH is 1. The molecule has 0 atom stereocenters. The summed E-state index contributed by atoms with van der Waals surface area (Å²) in [6.07, 6.45) is 0. The van der Waals surface area contributed by atoms with Crippen LogP contribution in [0.25, 0.3) is 0 Å². The molecule has 2 aromatic heterocycles. The van der Waals surface area contributed by atoms with Crippen LogP contribution >= 0.6 is 11.3 Å². The van der Waals surface area contributed by atoms with Crippen LogP contribution in [-0.2, 0) is 0 Å². The van der Waals surface area contributed by atoms with Crippen molar-refractivity contribution >= 4 is 23.1 Å². The topological polar surface area (TPSA) is 75.4 Å². The quantitative estimate of drug-likeness (QED) is 0.832. The van der Waals surface area contributed by atoms with E-state index < -0.39 is 0 Å². The molecular formula is C14H14N2O3S. The van der Waals surface area contributed by atoms with Crippen molar-refractivity contribution in [2.24, 2.45) is 0 Å². The van der Waals surface area contributed by atoms with Gasteiger partial charge >= 0.3 is 0 Å². The standard InChI is InChI=1S/C14H14N2O3S/c1-8-7-12(20-11(8)5-4-6-17)13(18)15-14-9(2)10(3)16-19-14/h7,17H,6H2,1-3H3,(H,15,18). The Kier molecular flexibility index (Phi) is 4.23. The second-order valence-corrected chi connectivity index (χ2v) is 5.31. The zero-order valence-corrected chi connectivity index (χ0v) is 12.2. The van der Waals surface area contributed by atoms with E-state index in [0.717, 1.165) is 21.7 Å². The first-order valence-electron chi connectivity index (χ1n) is 5.97. The fourth-order valence-corrected chi connectivity index (χ4v) is 2.48. The van der Waals surface area contributed by atoms with Crippen LogP contribution < -0.4 is 5.32 Å². The average Bonchev–Trinajstić information content (AvgIpc) is 2.94. The molecule has 2 N–H and O–H groups in total. The highest BCUT2D eigenvalue weighted by molar-refractivity contribution is 7.14. The summed E-state index contributed by atoms with van der Waals surface area (Å²) in [5.41, 5.74) is 2.47. The fourth-order valence-electron chi connectivity index (χ4n) is 1.53. The van der Waals surface area contributed by atoms with Crippen LogP contribution in [0.4, 0.5) is 5.88 Å². The highest BCUT2D eigenvalue weighted by atomic mass is 32.1. The summed E-state index contributed by atoms with van der Waals surface area (Å²) in [6, 6.07) is 1.76. The molecule has 0 aliphatic carbocycles. The van der Waals surface area contributed by atoms with Gasteiger partial charge in [0.1, 0.15) is 6.61 Å². The maximum atomic E-state index is 12.1. The van der Waals surface area contributed by atoms with Crippen LogP contribution in [0.2, 0.25) is 0 Å². The van der Waals surface area contributed by atoms with Gasteiger partial charge in [0.15, 0.2) is 0 Å². The number of rotatable bonds is 2. The summed E-state index contributed by atoms with van der Waals surface area (Å²) in [5.74, 6) is 5.50. The van der Waals surface area contributed by atoms with Crippen LogP contribution in [0, 0.1) is 32.6 Å². The van der Waals surface area contributed by atoms with Gasteiger partial charge in [0.2, 0.25) is 5.88 Å². The minimum Gasteiger partial charge on any atom is -0.384 e. The highest BCUT2D eigenvalue weighted by Gasteiger charge is 2.16. The van der Waals surface area contributed by atoms with Crippen molar-refractivity contribution in [3.8, 4) is 11.8 Å². The zero-order valence-electron chi connectivity index (χ0n) is 11.4. The predicted molar refractivity (Wildman–Crippen MR) is 77.0 cm³/mol. The molecule has 1 amide bonds. The van der Waals surface area contributed by atoms with Gasteiger partial charge in [0.25, 0.3) is 5.91 Å².